The Morgan fingerprint density at radius 1 is 1.24 bits per heavy atom. The van der Waals surface area contributed by atoms with Crippen molar-refractivity contribution < 1.29 is 27.5 Å². The molecular weight excluding hydrogens is 465 g/mol. The Morgan fingerprint density at radius 3 is 2.70 bits per heavy atom. The van der Waals surface area contributed by atoms with Gasteiger partial charge in [0, 0.05) is 17.2 Å². The van der Waals surface area contributed by atoms with Crippen molar-refractivity contribution in [2.24, 2.45) is 0 Å². The van der Waals surface area contributed by atoms with Crippen molar-refractivity contribution in [1.82, 2.24) is 24.9 Å². The molecule has 0 atom stereocenters. The first-order valence-corrected chi connectivity index (χ1v) is 10.2. The second kappa shape index (κ2) is 7.73. The van der Waals surface area contributed by atoms with E-state index < -0.39 is 23.6 Å². The number of halogens is 4. The number of carbonyl (C=O) groups is 2. The van der Waals surface area contributed by atoms with Gasteiger partial charge in [-0.15, -0.1) is 0 Å². The number of aromatic nitrogens is 4. The minimum Gasteiger partial charge on any atom is -0.423 e. The van der Waals surface area contributed by atoms with Crippen molar-refractivity contribution in [2.75, 3.05) is 5.32 Å². The summed E-state index contributed by atoms with van der Waals surface area (Å²) in [5.41, 5.74) is -0.0819. The summed E-state index contributed by atoms with van der Waals surface area (Å²) in [7, 11) is 0. The number of ether oxygens (including phenoxy) is 1. The van der Waals surface area contributed by atoms with E-state index in [1.54, 1.807) is 0 Å². The molecule has 2 aliphatic rings. The Hall–Kier alpha value is -3.67. The molecule has 2 fully saturated rings. The van der Waals surface area contributed by atoms with E-state index >= 15 is 0 Å². The lowest BCUT2D eigenvalue weighted by molar-refractivity contribution is -0.137. The third kappa shape index (κ3) is 4.33. The maximum atomic E-state index is 13.1. The van der Waals surface area contributed by atoms with E-state index in [9.17, 15) is 22.8 Å². The zero-order chi connectivity index (χ0) is 23.3. The Labute approximate surface area is 188 Å². The molecule has 1 aromatic carbocycles. The number of amides is 2. The first-order chi connectivity index (χ1) is 15.7. The monoisotopic (exact) mass is 478 g/mol. The number of hydrogen-bond acceptors (Lipinski definition) is 7. The van der Waals surface area contributed by atoms with Gasteiger partial charge < -0.3 is 10.1 Å². The highest BCUT2D eigenvalue weighted by molar-refractivity contribution is 6.32. The third-order valence-corrected chi connectivity index (χ3v) is 5.28. The number of benzene rings is 1. The largest absolute Gasteiger partial charge is 0.423 e. The second-order valence-electron chi connectivity index (χ2n) is 7.55. The van der Waals surface area contributed by atoms with Gasteiger partial charge in [0.25, 0.3) is 5.91 Å². The molecule has 1 aliphatic carbocycles. The summed E-state index contributed by atoms with van der Waals surface area (Å²) in [6.07, 6.45) is 0.0703. The summed E-state index contributed by atoms with van der Waals surface area (Å²) in [5, 5.41) is 9.53. The van der Waals surface area contributed by atoms with Crippen LogP contribution in [0.3, 0.4) is 0 Å². The molecule has 5 rings (SSSR count). The molecule has 170 valence electrons. The van der Waals surface area contributed by atoms with Crippen LogP contribution in [0.2, 0.25) is 5.02 Å². The quantitative estimate of drug-likeness (QED) is 0.426. The molecule has 2 aromatic heterocycles. The number of fused-ring (bicyclic) bond motifs is 1. The van der Waals surface area contributed by atoms with E-state index in [-0.39, 0.29) is 46.4 Å². The fourth-order valence-corrected chi connectivity index (χ4v) is 3.35. The summed E-state index contributed by atoms with van der Waals surface area (Å²) in [5.74, 6) is -0.945. The molecule has 1 aliphatic heterocycles. The molecule has 1 saturated heterocycles. The van der Waals surface area contributed by atoms with Gasteiger partial charge in [0.05, 0.1) is 23.2 Å². The van der Waals surface area contributed by atoms with E-state index in [2.05, 4.69) is 25.7 Å². The number of nitrogens with one attached hydrogen (secondary N) is 2. The fourth-order valence-electron chi connectivity index (χ4n) is 3.19. The van der Waals surface area contributed by atoms with Gasteiger partial charge in [0.15, 0.2) is 5.65 Å². The van der Waals surface area contributed by atoms with Crippen LogP contribution >= 0.6 is 11.6 Å². The van der Waals surface area contributed by atoms with Crippen LogP contribution in [0.15, 0.2) is 30.0 Å². The second-order valence-corrected chi connectivity index (χ2v) is 7.96. The number of nitrogens with zero attached hydrogens (tertiary/aromatic N) is 4. The van der Waals surface area contributed by atoms with Gasteiger partial charge in [0.2, 0.25) is 11.9 Å². The fraction of sp³-hybridized carbons (Fsp3) is 0.250. The highest BCUT2D eigenvalue weighted by atomic mass is 35.5. The minimum atomic E-state index is -4.59. The third-order valence-electron chi connectivity index (χ3n) is 4.97. The number of anilines is 1. The number of carbonyl (C=O) groups excluding carboxylic acids is 2. The Morgan fingerprint density at radius 2 is 2.03 bits per heavy atom. The number of imide groups is 1. The van der Waals surface area contributed by atoms with Gasteiger partial charge in [-0.05, 0) is 37.1 Å². The van der Waals surface area contributed by atoms with Gasteiger partial charge >= 0.3 is 12.2 Å². The summed E-state index contributed by atoms with van der Waals surface area (Å²) < 4.78 is 46.3. The number of hydrogen-bond donors (Lipinski definition) is 2. The van der Waals surface area contributed by atoms with Gasteiger partial charge in [-0.3, -0.25) is 14.9 Å². The SMILES string of the molecule is O=C1C/C(=C\c2cnn3c(NC4CC4)nc(Oc4cc(C(F)(F)F)ccc4Cl)nc23)C(=O)N1. The normalized spacial score (nSPS) is 17.6. The van der Waals surface area contributed by atoms with E-state index in [0.29, 0.717) is 5.56 Å². The molecule has 2 N–H and O–H groups in total. The highest BCUT2D eigenvalue weighted by Gasteiger charge is 2.32. The molecule has 0 spiro atoms. The molecule has 0 bridgehead atoms. The number of alkyl halides is 3. The van der Waals surface area contributed by atoms with Crippen LogP contribution < -0.4 is 15.4 Å². The zero-order valence-corrected chi connectivity index (χ0v) is 17.4. The van der Waals surface area contributed by atoms with Crippen LogP contribution in [0.4, 0.5) is 19.1 Å². The lowest BCUT2D eigenvalue weighted by Gasteiger charge is -2.12. The van der Waals surface area contributed by atoms with Crippen molar-refractivity contribution in [3.63, 3.8) is 0 Å². The Kier molecular flexibility index (Phi) is 4.96. The predicted octanol–water partition coefficient (Wildman–Crippen LogP) is 3.59. The molecule has 0 radical (unpaired) electrons. The van der Waals surface area contributed by atoms with Crippen LogP contribution in [0.1, 0.15) is 30.4 Å². The van der Waals surface area contributed by atoms with Gasteiger partial charge in [-0.25, -0.2) is 0 Å². The molecule has 1 saturated carbocycles. The van der Waals surface area contributed by atoms with Crippen LogP contribution in [-0.4, -0.2) is 37.4 Å². The summed E-state index contributed by atoms with van der Waals surface area (Å²) in [6, 6.07) is 2.58. The molecule has 0 unspecified atom stereocenters. The lowest BCUT2D eigenvalue weighted by Crippen LogP contribution is -2.19. The van der Waals surface area contributed by atoms with E-state index in [1.165, 1.54) is 16.8 Å². The average Bonchev–Trinajstić information content (AvgIpc) is 3.37. The standard InChI is InChI=1S/C20H14ClF3N6O3/c21-13-4-1-11(20(22,23)24)7-14(13)33-19-28-16-10(5-9-6-15(31)27-17(9)32)8-25-30(16)18(29-19)26-12-2-3-12/h1,4-5,7-8,12H,2-3,6H2,(H,26,28,29)(H,27,31,32)/b9-5+. The Bertz CT molecular complexity index is 1330. The molecule has 33 heavy (non-hydrogen) atoms. The van der Waals surface area contributed by atoms with Gasteiger partial charge in [0.1, 0.15) is 5.75 Å². The summed E-state index contributed by atoms with van der Waals surface area (Å²) >= 11 is 6.03. The van der Waals surface area contributed by atoms with Crippen LogP contribution in [0, 0.1) is 0 Å². The van der Waals surface area contributed by atoms with Crippen LogP contribution in [0.25, 0.3) is 11.7 Å². The maximum Gasteiger partial charge on any atom is 0.416 e. The summed E-state index contributed by atoms with van der Waals surface area (Å²) in [6.45, 7) is 0. The van der Waals surface area contributed by atoms with Crippen molar-refractivity contribution in [2.45, 2.75) is 31.5 Å². The minimum absolute atomic E-state index is 0.0554. The molecule has 2 amide bonds. The highest BCUT2D eigenvalue weighted by Crippen LogP contribution is 2.37. The van der Waals surface area contributed by atoms with Crippen LogP contribution in [0.5, 0.6) is 11.8 Å². The molecular formula is C20H14ClF3N6O3. The predicted molar refractivity (Wildman–Crippen MR) is 110 cm³/mol. The Balaban J connectivity index is 1.57. The molecule has 13 heteroatoms. The average molecular weight is 479 g/mol. The van der Waals surface area contributed by atoms with E-state index in [4.69, 9.17) is 16.3 Å². The van der Waals surface area contributed by atoms with Crippen molar-refractivity contribution in [1.29, 1.82) is 0 Å². The number of rotatable bonds is 5. The lowest BCUT2D eigenvalue weighted by atomic mass is 10.1. The topological polar surface area (TPSA) is 111 Å². The summed E-state index contributed by atoms with van der Waals surface area (Å²) in [4.78, 5) is 31.9. The maximum absolute atomic E-state index is 13.1. The van der Waals surface area contributed by atoms with Crippen molar-refractivity contribution in [3.8, 4) is 11.8 Å². The van der Waals surface area contributed by atoms with Gasteiger partial charge in [-0.2, -0.15) is 32.8 Å². The van der Waals surface area contributed by atoms with Crippen molar-refractivity contribution >= 4 is 41.1 Å². The van der Waals surface area contributed by atoms with E-state index in [0.717, 1.165) is 31.0 Å². The van der Waals surface area contributed by atoms with E-state index in [1.807, 2.05) is 0 Å². The van der Waals surface area contributed by atoms with Crippen molar-refractivity contribution in [3.05, 3.63) is 46.1 Å². The first-order valence-electron chi connectivity index (χ1n) is 9.79. The zero-order valence-electron chi connectivity index (χ0n) is 16.6. The molecule has 3 heterocycles. The van der Waals surface area contributed by atoms with Gasteiger partial charge in [-0.1, -0.05) is 11.6 Å². The van der Waals surface area contributed by atoms with Crippen LogP contribution in [-0.2, 0) is 15.8 Å². The smallest absolute Gasteiger partial charge is 0.416 e. The molecule has 9 nitrogen and oxygen atoms in total. The first kappa shape index (κ1) is 21.2. The molecule has 3 aromatic rings.